The van der Waals surface area contributed by atoms with Crippen LogP contribution in [0, 0.1) is 5.92 Å². The summed E-state index contributed by atoms with van der Waals surface area (Å²) in [6.07, 6.45) is -1.48. The Kier molecular flexibility index (Phi) is 4.10. The Morgan fingerprint density at radius 2 is 2.00 bits per heavy atom. The molecule has 10 heteroatoms. The van der Waals surface area contributed by atoms with E-state index in [1.807, 2.05) is 20.8 Å². The molecule has 0 N–H and O–H groups in total. The van der Waals surface area contributed by atoms with Gasteiger partial charge in [-0.3, -0.25) is 4.90 Å². The average Bonchev–Trinajstić information content (AvgIpc) is 3.16. The fourth-order valence-electron chi connectivity index (χ4n) is 2.88. The molecule has 0 radical (unpaired) electrons. The van der Waals surface area contributed by atoms with Crippen molar-refractivity contribution in [2.24, 2.45) is 5.92 Å². The molecule has 0 aromatic carbocycles. The second kappa shape index (κ2) is 5.83. The lowest BCUT2D eigenvalue weighted by Gasteiger charge is -2.31. The molecule has 24 heavy (non-hydrogen) atoms. The normalized spacial score (nSPS) is 23.1. The van der Waals surface area contributed by atoms with Crippen LogP contribution in [0.15, 0.2) is 17.2 Å². The fraction of sp³-hybridized carbons (Fsp3) is 0.714. The molecule has 2 aromatic rings. The summed E-state index contributed by atoms with van der Waals surface area (Å²) in [6, 6.07) is 0. The monoisotopic (exact) mass is 344 g/mol. The van der Waals surface area contributed by atoms with E-state index < -0.39 is 18.0 Å². The first kappa shape index (κ1) is 16.9. The summed E-state index contributed by atoms with van der Waals surface area (Å²) in [7, 11) is 0. The summed E-state index contributed by atoms with van der Waals surface area (Å²) < 4.78 is 46.9. The zero-order chi connectivity index (χ0) is 17.5. The van der Waals surface area contributed by atoms with Crippen molar-refractivity contribution in [2.75, 3.05) is 13.1 Å². The molecule has 132 valence electrons. The summed E-state index contributed by atoms with van der Waals surface area (Å²) in [5.74, 6) is -2.07. The van der Waals surface area contributed by atoms with Crippen LogP contribution in [0.1, 0.15) is 38.4 Å². The number of alkyl halides is 3. The Morgan fingerprint density at radius 1 is 1.25 bits per heavy atom. The Bertz CT molecular complexity index is 675. The summed E-state index contributed by atoms with van der Waals surface area (Å²) >= 11 is 0. The topological polar surface area (TPSA) is 72.9 Å². The lowest BCUT2D eigenvalue weighted by atomic mass is 9.95. The number of rotatable bonds is 3. The van der Waals surface area contributed by atoms with Gasteiger partial charge >= 0.3 is 6.18 Å². The smallest absolute Gasteiger partial charge is 0.339 e. The molecule has 3 rings (SSSR count). The Hall–Kier alpha value is -1.97. The van der Waals surface area contributed by atoms with Crippen molar-refractivity contribution in [3.8, 4) is 0 Å². The van der Waals surface area contributed by atoms with Crippen LogP contribution in [-0.4, -0.2) is 54.6 Å². The molecule has 1 aliphatic heterocycles. The van der Waals surface area contributed by atoms with Gasteiger partial charge in [-0.15, -0.1) is 0 Å². The Balaban J connectivity index is 1.82. The third kappa shape index (κ3) is 3.42. The van der Waals surface area contributed by atoms with Crippen LogP contribution in [0.5, 0.6) is 0 Å². The van der Waals surface area contributed by atoms with Crippen LogP contribution in [-0.2, 0) is 6.54 Å². The summed E-state index contributed by atoms with van der Waals surface area (Å²) in [4.78, 5) is 9.75. The van der Waals surface area contributed by atoms with E-state index in [0.29, 0.717) is 0 Å². The fourth-order valence-corrected chi connectivity index (χ4v) is 2.88. The van der Waals surface area contributed by atoms with E-state index in [1.54, 1.807) is 4.90 Å². The first-order chi connectivity index (χ1) is 11.1. The second-order valence-corrected chi connectivity index (χ2v) is 6.97. The lowest BCUT2D eigenvalue weighted by molar-refractivity contribution is -0.176. The summed E-state index contributed by atoms with van der Waals surface area (Å²) in [5, 5.41) is 7.69. The van der Waals surface area contributed by atoms with E-state index >= 15 is 0 Å². The molecule has 1 saturated heterocycles. The van der Waals surface area contributed by atoms with Gasteiger partial charge in [-0.05, 0) is 20.8 Å². The molecule has 0 amide bonds. The molecule has 2 atom stereocenters. The number of aromatic nitrogens is 5. The van der Waals surface area contributed by atoms with Crippen LogP contribution >= 0.6 is 0 Å². The maximum Gasteiger partial charge on any atom is 0.393 e. The first-order valence-corrected chi connectivity index (χ1v) is 7.61. The van der Waals surface area contributed by atoms with Crippen molar-refractivity contribution < 1.29 is 17.7 Å². The van der Waals surface area contributed by atoms with Gasteiger partial charge in [0.15, 0.2) is 5.82 Å². The van der Waals surface area contributed by atoms with Crippen molar-refractivity contribution >= 4 is 0 Å². The van der Waals surface area contributed by atoms with E-state index in [1.165, 1.54) is 17.3 Å². The molecule has 7 nitrogen and oxygen atoms in total. The minimum Gasteiger partial charge on any atom is -0.339 e. The van der Waals surface area contributed by atoms with Crippen molar-refractivity contribution in [3.05, 3.63) is 24.4 Å². The van der Waals surface area contributed by atoms with E-state index in [2.05, 4.69) is 20.2 Å². The number of hydrogen-bond acceptors (Lipinski definition) is 6. The highest BCUT2D eigenvalue weighted by Crippen LogP contribution is 2.44. The lowest BCUT2D eigenvalue weighted by Crippen LogP contribution is -2.40. The molecule has 1 aliphatic rings. The van der Waals surface area contributed by atoms with Gasteiger partial charge in [0.25, 0.3) is 0 Å². The van der Waals surface area contributed by atoms with Gasteiger partial charge in [-0.1, -0.05) is 5.16 Å². The maximum atomic E-state index is 13.4. The maximum absolute atomic E-state index is 13.4. The highest BCUT2D eigenvalue weighted by Gasteiger charge is 2.53. The van der Waals surface area contributed by atoms with E-state index in [-0.39, 0.29) is 36.9 Å². The van der Waals surface area contributed by atoms with Gasteiger partial charge in [0, 0.05) is 18.6 Å². The Morgan fingerprint density at radius 3 is 2.58 bits per heavy atom. The Labute approximate surface area is 136 Å². The molecule has 0 saturated carbocycles. The standard InChI is InChI=1S/C14H19F3N6O/c1-13(2,3)22-4-9(10(5-22)14(15,16)17)12-20-11(21-24-12)6-23-8-18-7-19-23/h7-10H,4-6H2,1-3H3/t9-,10-/m1/s1. The van der Waals surface area contributed by atoms with E-state index in [9.17, 15) is 13.2 Å². The molecular formula is C14H19F3N6O. The minimum atomic E-state index is -4.31. The van der Waals surface area contributed by atoms with Crippen LogP contribution in [0.4, 0.5) is 13.2 Å². The molecule has 2 aromatic heterocycles. The molecule has 0 unspecified atom stereocenters. The van der Waals surface area contributed by atoms with Crippen molar-refractivity contribution in [2.45, 2.75) is 44.9 Å². The zero-order valence-electron chi connectivity index (χ0n) is 13.7. The molecule has 0 bridgehead atoms. The number of nitrogens with zero attached hydrogens (tertiary/aromatic N) is 6. The van der Waals surface area contributed by atoms with Gasteiger partial charge in [-0.25, -0.2) is 9.67 Å². The quantitative estimate of drug-likeness (QED) is 0.849. The molecule has 1 fully saturated rings. The number of likely N-dealkylation sites (tertiary alicyclic amines) is 1. The molecule has 3 heterocycles. The predicted molar refractivity (Wildman–Crippen MR) is 77.0 cm³/mol. The molecular weight excluding hydrogens is 325 g/mol. The van der Waals surface area contributed by atoms with Crippen LogP contribution in [0.2, 0.25) is 0 Å². The van der Waals surface area contributed by atoms with Gasteiger partial charge in [-0.2, -0.15) is 23.3 Å². The van der Waals surface area contributed by atoms with Crippen LogP contribution in [0.3, 0.4) is 0 Å². The van der Waals surface area contributed by atoms with Gasteiger partial charge < -0.3 is 4.52 Å². The zero-order valence-corrected chi connectivity index (χ0v) is 13.7. The summed E-state index contributed by atoms with van der Waals surface area (Å²) in [5.41, 5.74) is -0.359. The van der Waals surface area contributed by atoms with Gasteiger partial charge in [0.05, 0.1) is 11.8 Å². The molecule has 0 spiro atoms. The number of halogens is 3. The van der Waals surface area contributed by atoms with E-state index in [0.717, 1.165) is 0 Å². The highest BCUT2D eigenvalue weighted by atomic mass is 19.4. The van der Waals surface area contributed by atoms with Crippen molar-refractivity contribution in [3.63, 3.8) is 0 Å². The van der Waals surface area contributed by atoms with Crippen molar-refractivity contribution in [1.82, 2.24) is 29.8 Å². The predicted octanol–water partition coefficient (Wildman–Crippen LogP) is 2.09. The van der Waals surface area contributed by atoms with Crippen LogP contribution in [0.25, 0.3) is 0 Å². The average molecular weight is 344 g/mol. The molecule has 0 aliphatic carbocycles. The third-order valence-electron chi connectivity index (χ3n) is 4.26. The summed E-state index contributed by atoms with van der Waals surface area (Å²) in [6.45, 7) is 6.05. The minimum absolute atomic E-state index is 0.0270. The first-order valence-electron chi connectivity index (χ1n) is 7.61. The largest absolute Gasteiger partial charge is 0.393 e. The van der Waals surface area contributed by atoms with Crippen molar-refractivity contribution in [1.29, 1.82) is 0 Å². The van der Waals surface area contributed by atoms with Gasteiger partial charge in [0.2, 0.25) is 5.89 Å². The van der Waals surface area contributed by atoms with Gasteiger partial charge in [0.1, 0.15) is 19.2 Å². The SMILES string of the molecule is CC(C)(C)N1C[C@@H](C(F)(F)F)[C@H](c2nc(Cn3cncn3)no2)C1. The highest BCUT2D eigenvalue weighted by molar-refractivity contribution is 5.06. The van der Waals surface area contributed by atoms with Crippen LogP contribution < -0.4 is 0 Å². The van der Waals surface area contributed by atoms with E-state index in [4.69, 9.17) is 4.52 Å². The number of hydrogen-bond donors (Lipinski definition) is 0. The third-order valence-corrected chi connectivity index (χ3v) is 4.26. The second-order valence-electron chi connectivity index (χ2n) is 6.97.